The lowest BCUT2D eigenvalue weighted by atomic mass is 10.2. The Balaban J connectivity index is 2.04. The van der Waals surface area contributed by atoms with Crippen LogP contribution in [0.25, 0.3) is 0 Å². The van der Waals surface area contributed by atoms with Crippen molar-refractivity contribution in [2.45, 2.75) is 33.4 Å². The summed E-state index contributed by atoms with van der Waals surface area (Å²) in [5.41, 5.74) is 2.46. The van der Waals surface area contributed by atoms with E-state index in [-0.39, 0.29) is 5.82 Å². The van der Waals surface area contributed by atoms with Crippen molar-refractivity contribution >= 4 is 5.69 Å². The molecule has 0 saturated carbocycles. The minimum atomic E-state index is -0.233. The topological polar surface area (TPSA) is 29.9 Å². The molecule has 1 aromatic heterocycles. The first kappa shape index (κ1) is 12.6. The van der Waals surface area contributed by atoms with Crippen LogP contribution < -0.4 is 5.32 Å². The molecule has 0 amide bonds. The molecule has 2 rings (SSSR count). The normalized spacial score (nSPS) is 10.9. The maximum Gasteiger partial charge on any atom is 0.146 e. The van der Waals surface area contributed by atoms with Crippen LogP contribution >= 0.6 is 0 Å². The number of aryl methyl sites for hydroxylation is 1. The molecule has 0 aliphatic rings. The molecule has 18 heavy (non-hydrogen) atoms. The van der Waals surface area contributed by atoms with E-state index in [1.807, 2.05) is 23.9 Å². The SMILES string of the molecule is Cc1ccc(F)c(NCc2ccn(C(C)C)n2)c1. The van der Waals surface area contributed by atoms with Crippen LogP contribution in [0, 0.1) is 12.7 Å². The molecule has 0 spiro atoms. The fraction of sp³-hybridized carbons (Fsp3) is 0.357. The van der Waals surface area contributed by atoms with Crippen LogP contribution in [0.5, 0.6) is 0 Å². The van der Waals surface area contributed by atoms with Crippen LogP contribution in [-0.4, -0.2) is 9.78 Å². The highest BCUT2D eigenvalue weighted by molar-refractivity contribution is 5.47. The average molecular weight is 247 g/mol. The first-order chi connectivity index (χ1) is 8.56. The number of rotatable bonds is 4. The number of anilines is 1. The van der Waals surface area contributed by atoms with Crippen molar-refractivity contribution < 1.29 is 4.39 Å². The summed E-state index contributed by atoms with van der Waals surface area (Å²) in [6.07, 6.45) is 1.94. The van der Waals surface area contributed by atoms with Crippen molar-refractivity contribution in [2.24, 2.45) is 0 Å². The molecule has 1 N–H and O–H groups in total. The number of nitrogens with one attached hydrogen (secondary N) is 1. The van der Waals surface area contributed by atoms with Gasteiger partial charge >= 0.3 is 0 Å². The number of hydrogen-bond acceptors (Lipinski definition) is 2. The van der Waals surface area contributed by atoms with Gasteiger partial charge < -0.3 is 5.32 Å². The van der Waals surface area contributed by atoms with E-state index in [1.165, 1.54) is 6.07 Å². The van der Waals surface area contributed by atoms with E-state index < -0.39 is 0 Å². The molecule has 0 saturated heterocycles. The molecule has 96 valence electrons. The second kappa shape index (κ2) is 5.21. The van der Waals surface area contributed by atoms with E-state index in [0.29, 0.717) is 18.3 Å². The number of hydrogen-bond donors (Lipinski definition) is 1. The zero-order chi connectivity index (χ0) is 13.1. The maximum absolute atomic E-state index is 13.5. The summed E-state index contributed by atoms with van der Waals surface area (Å²) >= 11 is 0. The number of halogens is 1. The summed E-state index contributed by atoms with van der Waals surface area (Å²) in [6.45, 7) is 6.62. The van der Waals surface area contributed by atoms with Crippen molar-refractivity contribution in [3.63, 3.8) is 0 Å². The van der Waals surface area contributed by atoms with Gasteiger partial charge in [0.15, 0.2) is 0 Å². The third-order valence-electron chi connectivity index (χ3n) is 2.77. The summed E-state index contributed by atoms with van der Waals surface area (Å²) in [7, 11) is 0. The van der Waals surface area contributed by atoms with Crippen LogP contribution in [0.4, 0.5) is 10.1 Å². The fourth-order valence-electron chi connectivity index (χ4n) is 1.72. The molecule has 1 aromatic carbocycles. The average Bonchev–Trinajstić information content (AvgIpc) is 2.79. The van der Waals surface area contributed by atoms with E-state index in [9.17, 15) is 4.39 Å². The van der Waals surface area contributed by atoms with Gasteiger partial charge in [-0.3, -0.25) is 4.68 Å². The molecule has 2 aromatic rings. The monoisotopic (exact) mass is 247 g/mol. The van der Waals surface area contributed by atoms with E-state index in [0.717, 1.165) is 11.3 Å². The molecule has 4 heteroatoms. The van der Waals surface area contributed by atoms with E-state index >= 15 is 0 Å². The second-order valence-electron chi connectivity index (χ2n) is 4.72. The molecule has 0 aliphatic carbocycles. The van der Waals surface area contributed by atoms with Crippen LogP contribution in [0.15, 0.2) is 30.5 Å². The third kappa shape index (κ3) is 2.88. The lowest BCUT2D eigenvalue weighted by Gasteiger charge is -2.07. The van der Waals surface area contributed by atoms with Crippen molar-refractivity contribution in [2.75, 3.05) is 5.32 Å². The lowest BCUT2D eigenvalue weighted by molar-refractivity contribution is 0.527. The molecule has 0 bridgehead atoms. The molecular weight excluding hydrogens is 229 g/mol. The molecule has 0 aliphatic heterocycles. The number of benzene rings is 1. The number of nitrogens with zero attached hydrogens (tertiary/aromatic N) is 2. The highest BCUT2D eigenvalue weighted by atomic mass is 19.1. The predicted octanol–water partition coefficient (Wildman–Crippen LogP) is 3.52. The summed E-state index contributed by atoms with van der Waals surface area (Å²) in [5, 5.41) is 7.48. The first-order valence-electron chi connectivity index (χ1n) is 6.10. The Morgan fingerprint density at radius 3 is 2.78 bits per heavy atom. The van der Waals surface area contributed by atoms with E-state index in [4.69, 9.17) is 0 Å². The van der Waals surface area contributed by atoms with Crippen molar-refractivity contribution in [1.29, 1.82) is 0 Å². The van der Waals surface area contributed by atoms with Crippen LogP contribution in [-0.2, 0) is 6.54 Å². The van der Waals surface area contributed by atoms with Crippen molar-refractivity contribution in [1.82, 2.24) is 9.78 Å². The Morgan fingerprint density at radius 1 is 1.33 bits per heavy atom. The minimum Gasteiger partial charge on any atom is -0.377 e. The van der Waals surface area contributed by atoms with Gasteiger partial charge in [0.1, 0.15) is 5.82 Å². The largest absolute Gasteiger partial charge is 0.377 e. The van der Waals surface area contributed by atoms with Gasteiger partial charge in [-0.15, -0.1) is 0 Å². The molecular formula is C14H18FN3. The van der Waals surface area contributed by atoms with Gasteiger partial charge in [0.2, 0.25) is 0 Å². The zero-order valence-corrected chi connectivity index (χ0v) is 10.9. The van der Waals surface area contributed by atoms with Crippen LogP contribution in [0.2, 0.25) is 0 Å². The highest BCUT2D eigenvalue weighted by Crippen LogP contribution is 2.16. The highest BCUT2D eigenvalue weighted by Gasteiger charge is 2.04. The van der Waals surface area contributed by atoms with Crippen molar-refractivity contribution in [3.8, 4) is 0 Å². The van der Waals surface area contributed by atoms with E-state index in [1.54, 1.807) is 12.1 Å². The predicted molar refractivity (Wildman–Crippen MR) is 71.1 cm³/mol. The molecule has 0 fully saturated rings. The molecule has 0 atom stereocenters. The Kier molecular flexibility index (Phi) is 3.65. The summed E-state index contributed by atoms with van der Waals surface area (Å²) in [4.78, 5) is 0. The Bertz CT molecular complexity index is 532. The van der Waals surface area contributed by atoms with Gasteiger partial charge in [-0.25, -0.2) is 4.39 Å². The maximum atomic E-state index is 13.5. The summed E-state index contributed by atoms with van der Waals surface area (Å²) in [6, 6.07) is 7.32. The second-order valence-corrected chi connectivity index (χ2v) is 4.72. The van der Waals surface area contributed by atoms with Gasteiger partial charge in [-0.1, -0.05) is 6.07 Å². The van der Waals surface area contributed by atoms with Gasteiger partial charge in [0.25, 0.3) is 0 Å². The van der Waals surface area contributed by atoms with Crippen molar-refractivity contribution in [3.05, 3.63) is 47.5 Å². The smallest absolute Gasteiger partial charge is 0.146 e. The first-order valence-corrected chi connectivity index (χ1v) is 6.10. The Morgan fingerprint density at radius 2 is 2.11 bits per heavy atom. The third-order valence-corrected chi connectivity index (χ3v) is 2.77. The molecule has 3 nitrogen and oxygen atoms in total. The van der Waals surface area contributed by atoms with Gasteiger partial charge in [-0.2, -0.15) is 5.10 Å². The molecule has 1 heterocycles. The fourth-order valence-corrected chi connectivity index (χ4v) is 1.72. The minimum absolute atomic E-state index is 0.233. The van der Waals surface area contributed by atoms with Crippen LogP contribution in [0.3, 0.4) is 0 Å². The van der Waals surface area contributed by atoms with Gasteiger partial charge in [0.05, 0.1) is 17.9 Å². The summed E-state index contributed by atoms with van der Waals surface area (Å²) < 4.78 is 15.4. The van der Waals surface area contributed by atoms with E-state index in [2.05, 4.69) is 24.3 Å². The Labute approximate surface area is 107 Å². The molecule has 0 radical (unpaired) electrons. The standard InChI is InChI=1S/C14H18FN3/c1-10(2)18-7-6-12(17-18)9-16-14-8-11(3)4-5-13(14)15/h4-8,10,16H,9H2,1-3H3. The zero-order valence-electron chi connectivity index (χ0n) is 10.9. The molecule has 0 unspecified atom stereocenters. The quantitative estimate of drug-likeness (QED) is 0.895. The summed E-state index contributed by atoms with van der Waals surface area (Å²) in [5.74, 6) is -0.233. The van der Waals surface area contributed by atoms with Gasteiger partial charge in [0, 0.05) is 12.2 Å². The van der Waals surface area contributed by atoms with Crippen LogP contribution in [0.1, 0.15) is 31.1 Å². The Hall–Kier alpha value is -1.84. The van der Waals surface area contributed by atoms with Gasteiger partial charge in [-0.05, 0) is 44.5 Å². The number of aromatic nitrogens is 2. The lowest BCUT2D eigenvalue weighted by Crippen LogP contribution is -2.05.